The summed E-state index contributed by atoms with van der Waals surface area (Å²) in [5.74, 6) is 0. The van der Waals surface area contributed by atoms with E-state index in [0.717, 1.165) is 19.3 Å². The van der Waals surface area contributed by atoms with Crippen molar-refractivity contribution < 1.29 is 0 Å². The molecule has 0 bridgehead atoms. The van der Waals surface area contributed by atoms with Crippen LogP contribution in [0.15, 0.2) is 16.8 Å². The van der Waals surface area contributed by atoms with Crippen molar-refractivity contribution >= 4 is 11.3 Å². The summed E-state index contributed by atoms with van der Waals surface area (Å²) in [6, 6.07) is 2.75. The van der Waals surface area contributed by atoms with E-state index in [2.05, 4.69) is 48.1 Å². The lowest BCUT2D eigenvalue weighted by molar-refractivity contribution is 0.519. The average Bonchev–Trinajstić information content (AvgIpc) is 2.97. The summed E-state index contributed by atoms with van der Waals surface area (Å²) in [4.78, 5) is 0. The first-order valence-electron chi connectivity index (χ1n) is 6.79. The molecule has 0 aliphatic carbocycles. The van der Waals surface area contributed by atoms with Crippen molar-refractivity contribution in [2.45, 2.75) is 39.2 Å². The summed E-state index contributed by atoms with van der Waals surface area (Å²) < 4.78 is 1.98. The molecule has 0 fully saturated rings. The maximum absolute atomic E-state index is 4.49. The fourth-order valence-corrected chi connectivity index (χ4v) is 3.22. The third-order valence-electron chi connectivity index (χ3n) is 3.87. The van der Waals surface area contributed by atoms with Crippen LogP contribution < -0.4 is 5.32 Å². The Morgan fingerprint density at radius 1 is 1.42 bits per heavy atom. The maximum atomic E-state index is 4.49. The standard InChI is InChI=1S/C15H23N3S/c1-11-15(12(2)18(4)17-11)6-5-14(16-3)9-13-7-8-19-10-13/h7-8,10,14,16H,5-6,9H2,1-4H3. The van der Waals surface area contributed by atoms with Gasteiger partial charge in [-0.05, 0) is 68.1 Å². The summed E-state index contributed by atoms with van der Waals surface area (Å²) in [6.07, 6.45) is 3.36. The molecule has 4 heteroatoms. The molecule has 2 aromatic rings. The molecule has 2 heterocycles. The van der Waals surface area contributed by atoms with Gasteiger partial charge in [-0.1, -0.05) is 0 Å². The number of nitrogens with one attached hydrogen (secondary N) is 1. The molecular weight excluding hydrogens is 254 g/mol. The van der Waals surface area contributed by atoms with Crippen LogP contribution in [0.5, 0.6) is 0 Å². The summed E-state index contributed by atoms with van der Waals surface area (Å²) in [6.45, 7) is 4.26. The molecule has 3 nitrogen and oxygen atoms in total. The van der Waals surface area contributed by atoms with E-state index < -0.39 is 0 Å². The van der Waals surface area contributed by atoms with E-state index in [-0.39, 0.29) is 0 Å². The lowest BCUT2D eigenvalue weighted by atomic mass is 9.99. The second-order valence-corrected chi connectivity index (χ2v) is 5.91. The third-order valence-corrected chi connectivity index (χ3v) is 4.60. The van der Waals surface area contributed by atoms with Gasteiger partial charge in [0.15, 0.2) is 0 Å². The smallest absolute Gasteiger partial charge is 0.0628 e. The van der Waals surface area contributed by atoms with E-state index in [1.165, 1.54) is 22.5 Å². The Labute approximate surface area is 119 Å². The van der Waals surface area contributed by atoms with Gasteiger partial charge in [0, 0.05) is 18.8 Å². The molecule has 19 heavy (non-hydrogen) atoms. The highest BCUT2D eigenvalue weighted by atomic mass is 32.1. The Kier molecular flexibility index (Phi) is 4.77. The summed E-state index contributed by atoms with van der Waals surface area (Å²) in [5, 5.41) is 12.3. The fourth-order valence-electron chi connectivity index (χ4n) is 2.54. The Morgan fingerprint density at radius 2 is 2.21 bits per heavy atom. The summed E-state index contributed by atoms with van der Waals surface area (Å²) in [7, 11) is 4.08. The van der Waals surface area contributed by atoms with Crippen molar-refractivity contribution in [3.05, 3.63) is 39.3 Å². The van der Waals surface area contributed by atoms with Crippen LogP contribution in [0.4, 0.5) is 0 Å². The summed E-state index contributed by atoms with van der Waals surface area (Å²) in [5.41, 5.74) is 5.31. The monoisotopic (exact) mass is 277 g/mol. The van der Waals surface area contributed by atoms with Gasteiger partial charge < -0.3 is 5.32 Å². The minimum atomic E-state index is 0.536. The highest BCUT2D eigenvalue weighted by Crippen LogP contribution is 2.17. The second-order valence-electron chi connectivity index (χ2n) is 5.13. The van der Waals surface area contributed by atoms with Gasteiger partial charge in [0.2, 0.25) is 0 Å². The lowest BCUT2D eigenvalue weighted by Gasteiger charge is -2.15. The van der Waals surface area contributed by atoms with Crippen LogP contribution in [0.25, 0.3) is 0 Å². The molecule has 0 amide bonds. The van der Waals surface area contributed by atoms with Gasteiger partial charge >= 0.3 is 0 Å². The molecule has 0 aliphatic heterocycles. The van der Waals surface area contributed by atoms with E-state index >= 15 is 0 Å². The zero-order valence-corrected chi connectivity index (χ0v) is 13.0. The van der Waals surface area contributed by atoms with Gasteiger partial charge in [0.25, 0.3) is 0 Å². The third kappa shape index (κ3) is 3.45. The number of hydrogen-bond donors (Lipinski definition) is 1. The van der Waals surface area contributed by atoms with Crippen molar-refractivity contribution in [3.63, 3.8) is 0 Å². The molecular formula is C15H23N3S. The highest BCUT2D eigenvalue weighted by molar-refractivity contribution is 7.07. The molecule has 0 radical (unpaired) electrons. The van der Waals surface area contributed by atoms with Gasteiger partial charge in [0.1, 0.15) is 0 Å². The Bertz CT molecular complexity index is 514. The van der Waals surface area contributed by atoms with Gasteiger partial charge in [0.05, 0.1) is 5.69 Å². The predicted octanol–water partition coefficient (Wildman–Crippen LogP) is 2.86. The highest BCUT2D eigenvalue weighted by Gasteiger charge is 2.13. The minimum Gasteiger partial charge on any atom is -0.317 e. The molecule has 2 aromatic heterocycles. The van der Waals surface area contributed by atoms with E-state index in [9.17, 15) is 0 Å². The summed E-state index contributed by atoms with van der Waals surface area (Å²) >= 11 is 1.77. The fraction of sp³-hybridized carbons (Fsp3) is 0.533. The van der Waals surface area contributed by atoms with Crippen molar-refractivity contribution in [1.29, 1.82) is 0 Å². The van der Waals surface area contributed by atoms with Gasteiger partial charge in [-0.15, -0.1) is 0 Å². The molecule has 2 rings (SSSR count). The topological polar surface area (TPSA) is 29.9 Å². The molecule has 0 aliphatic rings. The maximum Gasteiger partial charge on any atom is 0.0628 e. The van der Waals surface area contributed by atoms with Gasteiger partial charge in [-0.3, -0.25) is 4.68 Å². The van der Waals surface area contributed by atoms with Crippen molar-refractivity contribution in [3.8, 4) is 0 Å². The SMILES string of the molecule is CNC(CCc1c(C)nn(C)c1C)Cc1ccsc1. The van der Waals surface area contributed by atoms with Crippen LogP contribution in [0.2, 0.25) is 0 Å². The Balaban J connectivity index is 1.96. The normalized spacial score (nSPS) is 12.8. The molecule has 104 valence electrons. The van der Waals surface area contributed by atoms with Crippen LogP contribution >= 0.6 is 11.3 Å². The molecule has 0 aromatic carbocycles. The van der Waals surface area contributed by atoms with Crippen molar-refractivity contribution in [1.82, 2.24) is 15.1 Å². The number of hydrogen-bond acceptors (Lipinski definition) is 3. The van der Waals surface area contributed by atoms with Crippen LogP contribution in [0.3, 0.4) is 0 Å². The average molecular weight is 277 g/mol. The van der Waals surface area contributed by atoms with E-state index in [0.29, 0.717) is 6.04 Å². The first-order valence-corrected chi connectivity index (χ1v) is 7.73. The van der Waals surface area contributed by atoms with Crippen LogP contribution in [0, 0.1) is 13.8 Å². The molecule has 0 spiro atoms. The Hall–Kier alpha value is -1.13. The van der Waals surface area contributed by atoms with Gasteiger partial charge in [-0.2, -0.15) is 16.4 Å². The zero-order valence-electron chi connectivity index (χ0n) is 12.2. The molecule has 1 unspecified atom stereocenters. The zero-order chi connectivity index (χ0) is 13.8. The number of rotatable bonds is 6. The molecule has 1 atom stereocenters. The first kappa shape index (κ1) is 14.3. The number of aromatic nitrogens is 2. The number of nitrogens with zero attached hydrogens (tertiary/aromatic N) is 2. The van der Waals surface area contributed by atoms with Crippen LogP contribution in [0.1, 0.15) is 28.9 Å². The number of aryl methyl sites for hydroxylation is 2. The lowest BCUT2D eigenvalue weighted by Crippen LogP contribution is -2.28. The molecule has 1 N–H and O–H groups in total. The Morgan fingerprint density at radius 3 is 2.74 bits per heavy atom. The van der Waals surface area contributed by atoms with E-state index in [4.69, 9.17) is 0 Å². The van der Waals surface area contributed by atoms with E-state index in [1.54, 1.807) is 11.3 Å². The van der Waals surface area contributed by atoms with Crippen molar-refractivity contribution in [2.75, 3.05) is 7.05 Å². The second kappa shape index (κ2) is 6.35. The predicted molar refractivity (Wildman–Crippen MR) is 81.9 cm³/mol. The van der Waals surface area contributed by atoms with Crippen LogP contribution in [-0.4, -0.2) is 22.9 Å². The van der Waals surface area contributed by atoms with E-state index in [1.807, 2.05) is 11.7 Å². The number of likely N-dealkylation sites (N-methyl/N-ethyl adjacent to an activating group) is 1. The largest absolute Gasteiger partial charge is 0.317 e. The minimum absolute atomic E-state index is 0.536. The quantitative estimate of drug-likeness (QED) is 0.880. The number of thiophene rings is 1. The van der Waals surface area contributed by atoms with Gasteiger partial charge in [-0.25, -0.2) is 0 Å². The molecule has 0 saturated carbocycles. The first-order chi connectivity index (χ1) is 9.11. The van der Waals surface area contributed by atoms with Crippen molar-refractivity contribution in [2.24, 2.45) is 7.05 Å². The van der Waals surface area contributed by atoms with Crippen LogP contribution in [-0.2, 0) is 19.9 Å². The molecule has 0 saturated heterocycles.